The molecule has 0 radical (unpaired) electrons. The molecule has 2 nitrogen and oxygen atoms in total. The third-order valence-corrected chi connectivity index (χ3v) is 4.24. The second kappa shape index (κ2) is 5.68. The third kappa shape index (κ3) is 2.70. The Balaban J connectivity index is 1.80. The van der Waals surface area contributed by atoms with E-state index in [0.717, 1.165) is 24.8 Å². The number of hydrogen-bond donors (Lipinski definition) is 2. The lowest BCUT2D eigenvalue weighted by atomic mass is 9.78. The second-order valence-corrected chi connectivity index (χ2v) is 5.64. The summed E-state index contributed by atoms with van der Waals surface area (Å²) >= 11 is 0. The molecule has 0 fully saturated rings. The standard InChI is InChI=1S/C18H20O2/c19-15-8-3-5-13(11-15)12-18(20)17-10-4-7-14-6-1-2-9-16(14)17/h1-3,5-6,8-9,11,17-20H,4,7,10,12H2. The number of aryl methyl sites for hydroxylation is 1. The fourth-order valence-electron chi connectivity index (χ4n) is 3.26. The van der Waals surface area contributed by atoms with E-state index in [9.17, 15) is 10.2 Å². The number of benzene rings is 2. The Labute approximate surface area is 119 Å². The highest BCUT2D eigenvalue weighted by atomic mass is 16.3. The Bertz CT molecular complexity index is 591. The van der Waals surface area contributed by atoms with Crippen LogP contribution >= 0.6 is 0 Å². The van der Waals surface area contributed by atoms with E-state index in [4.69, 9.17) is 0 Å². The van der Waals surface area contributed by atoms with E-state index in [2.05, 4.69) is 24.3 Å². The van der Waals surface area contributed by atoms with Gasteiger partial charge in [-0.2, -0.15) is 0 Å². The summed E-state index contributed by atoms with van der Waals surface area (Å²) in [6, 6.07) is 15.6. The molecule has 2 aromatic rings. The molecular weight excluding hydrogens is 248 g/mol. The van der Waals surface area contributed by atoms with Gasteiger partial charge in [-0.05, 0) is 54.5 Å². The highest BCUT2D eigenvalue weighted by Crippen LogP contribution is 2.35. The summed E-state index contributed by atoms with van der Waals surface area (Å²) in [4.78, 5) is 0. The maximum Gasteiger partial charge on any atom is 0.115 e. The van der Waals surface area contributed by atoms with Gasteiger partial charge in [-0.3, -0.25) is 0 Å². The first-order valence-electron chi connectivity index (χ1n) is 7.28. The van der Waals surface area contributed by atoms with Gasteiger partial charge in [0.25, 0.3) is 0 Å². The molecule has 0 saturated heterocycles. The molecule has 3 rings (SSSR count). The van der Waals surface area contributed by atoms with Crippen LogP contribution in [0, 0.1) is 0 Å². The minimum absolute atomic E-state index is 0.210. The minimum atomic E-state index is -0.391. The van der Waals surface area contributed by atoms with Gasteiger partial charge in [-0.1, -0.05) is 36.4 Å². The fourth-order valence-corrected chi connectivity index (χ4v) is 3.26. The summed E-state index contributed by atoms with van der Waals surface area (Å²) in [5.41, 5.74) is 3.66. The van der Waals surface area contributed by atoms with Crippen LogP contribution in [0.2, 0.25) is 0 Å². The zero-order chi connectivity index (χ0) is 13.9. The first kappa shape index (κ1) is 13.2. The fraction of sp³-hybridized carbons (Fsp3) is 0.333. The smallest absolute Gasteiger partial charge is 0.115 e. The summed E-state index contributed by atoms with van der Waals surface area (Å²) in [5.74, 6) is 0.473. The number of aliphatic hydroxyl groups excluding tert-OH is 1. The molecule has 2 aromatic carbocycles. The molecular formula is C18H20O2. The molecule has 0 aliphatic heterocycles. The Hall–Kier alpha value is -1.80. The Morgan fingerprint density at radius 1 is 1.10 bits per heavy atom. The van der Waals surface area contributed by atoms with Crippen LogP contribution in [0.5, 0.6) is 5.75 Å². The van der Waals surface area contributed by atoms with Gasteiger partial charge < -0.3 is 10.2 Å². The van der Waals surface area contributed by atoms with Crippen LogP contribution in [0.3, 0.4) is 0 Å². The van der Waals surface area contributed by atoms with Crippen LogP contribution in [-0.2, 0) is 12.8 Å². The molecule has 1 aliphatic rings. The molecule has 2 unspecified atom stereocenters. The number of phenols is 1. The Kier molecular flexibility index (Phi) is 3.75. The molecule has 20 heavy (non-hydrogen) atoms. The molecule has 0 saturated carbocycles. The molecule has 0 amide bonds. The van der Waals surface area contributed by atoms with Gasteiger partial charge in [0.15, 0.2) is 0 Å². The normalized spacial score (nSPS) is 19.4. The van der Waals surface area contributed by atoms with Crippen molar-refractivity contribution in [2.75, 3.05) is 0 Å². The van der Waals surface area contributed by atoms with Gasteiger partial charge in [-0.25, -0.2) is 0 Å². The summed E-state index contributed by atoms with van der Waals surface area (Å²) in [7, 11) is 0. The van der Waals surface area contributed by atoms with Crippen molar-refractivity contribution in [2.45, 2.75) is 37.7 Å². The Morgan fingerprint density at radius 2 is 1.95 bits per heavy atom. The van der Waals surface area contributed by atoms with Crippen LogP contribution in [0.4, 0.5) is 0 Å². The topological polar surface area (TPSA) is 40.5 Å². The SMILES string of the molecule is Oc1cccc(CC(O)C2CCCc3ccccc32)c1. The van der Waals surface area contributed by atoms with E-state index >= 15 is 0 Å². The molecule has 2 atom stereocenters. The van der Waals surface area contributed by atoms with Gasteiger partial charge in [0.05, 0.1) is 6.10 Å². The van der Waals surface area contributed by atoms with Crippen molar-refractivity contribution in [1.82, 2.24) is 0 Å². The highest BCUT2D eigenvalue weighted by molar-refractivity contribution is 5.34. The molecule has 1 aliphatic carbocycles. The van der Waals surface area contributed by atoms with Crippen molar-refractivity contribution in [2.24, 2.45) is 0 Å². The first-order valence-corrected chi connectivity index (χ1v) is 7.28. The third-order valence-electron chi connectivity index (χ3n) is 4.24. The molecule has 0 heterocycles. The number of aromatic hydroxyl groups is 1. The van der Waals surface area contributed by atoms with Crippen molar-refractivity contribution < 1.29 is 10.2 Å². The largest absolute Gasteiger partial charge is 0.508 e. The van der Waals surface area contributed by atoms with E-state index in [1.54, 1.807) is 12.1 Å². The maximum absolute atomic E-state index is 10.6. The van der Waals surface area contributed by atoms with Crippen LogP contribution in [0.25, 0.3) is 0 Å². The lowest BCUT2D eigenvalue weighted by Gasteiger charge is -2.29. The highest BCUT2D eigenvalue weighted by Gasteiger charge is 2.26. The monoisotopic (exact) mass is 268 g/mol. The molecule has 0 aromatic heterocycles. The number of hydrogen-bond acceptors (Lipinski definition) is 2. The molecule has 0 bridgehead atoms. The lowest BCUT2D eigenvalue weighted by molar-refractivity contribution is 0.134. The van der Waals surface area contributed by atoms with Crippen molar-refractivity contribution in [3.8, 4) is 5.75 Å². The minimum Gasteiger partial charge on any atom is -0.508 e. The number of phenolic OH excluding ortho intramolecular Hbond substituents is 1. The van der Waals surface area contributed by atoms with Gasteiger partial charge >= 0.3 is 0 Å². The average molecular weight is 268 g/mol. The number of aliphatic hydroxyl groups is 1. The predicted molar refractivity (Wildman–Crippen MR) is 79.9 cm³/mol. The molecule has 2 heteroatoms. The summed E-state index contributed by atoms with van der Waals surface area (Å²) in [6.07, 6.45) is 3.49. The van der Waals surface area contributed by atoms with E-state index < -0.39 is 6.10 Å². The van der Waals surface area contributed by atoms with Crippen molar-refractivity contribution >= 4 is 0 Å². The summed E-state index contributed by atoms with van der Waals surface area (Å²) in [6.45, 7) is 0. The summed E-state index contributed by atoms with van der Waals surface area (Å²) in [5, 5.41) is 20.1. The van der Waals surface area contributed by atoms with E-state index in [0.29, 0.717) is 6.42 Å². The lowest BCUT2D eigenvalue weighted by Crippen LogP contribution is -2.24. The van der Waals surface area contributed by atoms with Gasteiger partial charge in [-0.15, -0.1) is 0 Å². The van der Waals surface area contributed by atoms with E-state index in [1.807, 2.05) is 12.1 Å². The van der Waals surface area contributed by atoms with Gasteiger partial charge in [0.1, 0.15) is 5.75 Å². The van der Waals surface area contributed by atoms with Crippen LogP contribution in [0.15, 0.2) is 48.5 Å². The molecule has 104 valence electrons. The summed E-state index contributed by atoms with van der Waals surface area (Å²) < 4.78 is 0. The maximum atomic E-state index is 10.6. The van der Waals surface area contributed by atoms with Crippen LogP contribution in [0.1, 0.15) is 35.4 Å². The van der Waals surface area contributed by atoms with E-state index in [-0.39, 0.29) is 11.7 Å². The van der Waals surface area contributed by atoms with Crippen molar-refractivity contribution in [3.63, 3.8) is 0 Å². The second-order valence-electron chi connectivity index (χ2n) is 5.64. The van der Waals surface area contributed by atoms with Crippen LogP contribution < -0.4 is 0 Å². The zero-order valence-electron chi connectivity index (χ0n) is 11.5. The van der Waals surface area contributed by atoms with Crippen molar-refractivity contribution in [3.05, 3.63) is 65.2 Å². The van der Waals surface area contributed by atoms with E-state index in [1.165, 1.54) is 11.1 Å². The Morgan fingerprint density at radius 3 is 2.80 bits per heavy atom. The number of rotatable bonds is 3. The zero-order valence-corrected chi connectivity index (χ0v) is 11.5. The number of fused-ring (bicyclic) bond motifs is 1. The first-order chi connectivity index (χ1) is 9.74. The van der Waals surface area contributed by atoms with Crippen molar-refractivity contribution in [1.29, 1.82) is 0 Å². The van der Waals surface area contributed by atoms with Gasteiger partial charge in [0.2, 0.25) is 0 Å². The quantitative estimate of drug-likeness (QED) is 0.895. The predicted octanol–water partition coefficient (Wildman–Crippen LogP) is 3.42. The van der Waals surface area contributed by atoms with Gasteiger partial charge in [0, 0.05) is 5.92 Å². The molecule has 0 spiro atoms. The average Bonchev–Trinajstić information content (AvgIpc) is 2.46. The van der Waals surface area contributed by atoms with Crippen LogP contribution in [-0.4, -0.2) is 16.3 Å². The molecule has 2 N–H and O–H groups in total.